The molecule has 2 heterocycles. The molecule has 1 aromatic heterocycles. The highest BCUT2D eigenvalue weighted by atomic mass is 16.2. The van der Waals surface area contributed by atoms with Crippen molar-refractivity contribution >= 4 is 11.6 Å². The second-order valence-electron chi connectivity index (χ2n) is 8.93. The predicted octanol–water partition coefficient (Wildman–Crippen LogP) is 4.62. The van der Waals surface area contributed by atoms with E-state index in [0.29, 0.717) is 18.0 Å². The second-order valence-corrected chi connectivity index (χ2v) is 8.93. The molecule has 5 heteroatoms. The molecule has 5 nitrogen and oxygen atoms in total. The molecule has 1 aliphatic heterocycles. The number of pyridine rings is 1. The Morgan fingerprint density at radius 3 is 2.38 bits per heavy atom. The Morgan fingerprint density at radius 2 is 1.69 bits per heavy atom. The number of piperazine rings is 1. The van der Waals surface area contributed by atoms with Crippen molar-refractivity contribution in [1.29, 1.82) is 0 Å². The lowest BCUT2D eigenvalue weighted by atomic mass is 10.0. The minimum absolute atomic E-state index is 0.00758. The van der Waals surface area contributed by atoms with Crippen LogP contribution in [0.2, 0.25) is 0 Å². The molecule has 32 heavy (non-hydrogen) atoms. The molecular formula is C27H31N3O2. The largest absolute Gasteiger partial charge is 0.368 e. The summed E-state index contributed by atoms with van der Waals surface area (Å²) in [7, 11) is 0. The lowest BCUT2D eigenvalue weighted by Crippen LogP contribution is -2.55. The maximum atomic E-state index is 13.5. The summed E-state index contributed by atoms with van der Waals surface area (Å²) in [4.78, 5) is 31.1. The molecule has 4 rings (SSSR count). The molecule has 0 saturated carbocycles. The molecular weight excluding hydrogens is 398 g/mol. The summed E-state index contributed by atoms with van der Waals surface area (Å²) in [5, 5.41) is 0. The van der Waals surface area contributed by atoms with Gasteiger partial charge in [-0.05, 0) is 61.2 Å². The first kappa shape index (κ1) is 21.9. The standard InChI is InChI=1S/C27H31N3O2/c1-19(2)22-9-8-12-24(17-22)30-14-13-20(3)25(27(30)32)26(31)29-16-15-28(18-21(29)4)23-10-6-5-7-11-23/h5-14,17,19,21H,15-16,18H2,1-4H3. The Balaban J connectivity index is 1.63. The van der Waals surface area contributed by atoms with E-state index in [1.165, 1.54) is 0 Å². The Kier molecular flexibility index (Phi) is 6.17. The van der Waals surface area contributed by atoms with E-state index in [1.807, 2.05) is 54.3 Å². The van der Waals surface area contributed by atoms with Crippen LogP contribution in [0.1, 0.15) is 48.2 Å². The number of anilines is 1. The van der Waals surface area contributed by atoms with Gasteiger partial charge in [-0.1, -0.05) is 44.2 Å². The third-order valence-corrected chi connectivity index (χ3v) is 6.34. The minimum Gasteiger partial charge on any atom is -0.368 e. The van der Waals surface area contributed by atoms with Crippen molar-refractivity contribution in [1.82, 2.24) is 9.47 Å². The molecule has 3 aromatic rings. The van der Waals surface area contributed by atoms with E-state index in [9.17, 15) is 9.59 Å². The molecule has 1 fully saturated rings. The Bertz CT molecular complexity index is 1170. The summed E-state index contributed by atoms with van der Waals surface area (Å²) in [6.45, 7) is 10.2. The van der Waals surface area contributed by atoms with Crippen LogP contribution in [0.25, 0.3) is 5.69 Å². The molecule has 1 unspecified atom stereocenters. The second kappa shape index (κ2) is 9.03. The number of carbonyl (C=O) groups excluding carboxylic acids is 1. The Hall–Kier alpha value is -3.34. The zero-order valence-electron chi connectivity index (χ0n) is 19.3. The lowest BCUT2D eigenvalue weighted by molar-refractivity contribution is 0.0671. The van der Waals surface area contributed by atoms with Gasteiger partial charge in [-0.2, -0.15) is 0 Å². The van der Waals surface area contributed by atoms with Crippen LogP contribution in [0.5, 0.6) is 0 Å². The summed E-state index contributed by atoms with van der Waals surface area (Å²) in [5.74, 6) is 0.182. The van der Waals surface area contributed by atoms with E-state index in [4.69, 9.17) is 0 Å². The highest BCUT2D eigenvalue weighted by Gasteiger charge is 2.30. The lowest BCUT2D eigenvalue weighted by Gasteiger charge is -2.41. The first-order valence-corrected chi connectivity index (χ1v) is 11.3. The fourth-order valence-corrected chi connectivity index (χ4v) is 4.40. The average Bonchev–Trinajstić information content (AvgIpc) is 2.79. The number of benzene rings is 2. The van der Waals surface area contributed by atoms with Gasteiger partial charge in [-0.15, -0.1) is 0 Å². The van der Waals surface area contributed by atoms with Crippen molar-refractivity contribution in [2.24, 2.45) is 0 Å². The minimum atomic E-state index is -0.256. The molecule has 1 atom stereocenters. The average molecular weight is 430 g/mol. The van der Waals surface area contributed by atoms with Gasteiger partial charge in [0.1, 0.15) is 5.56 Å². The van der Waals surface area contributed by atoms with E-state index in [0.717, 1.165) is 30.0 Å². The molecule has 1 amide bonds. The van der Waals surface area contributed by atoms with Crippen molar-refractivity contribution in [3.05, 3.63) is 93.9 Å². The van der Waals surface area contributed by atoms with E-state index < -0.39 is 0 Å². The molecule has 2 aromatic carbocycles. The van der Waals surface area contributed by atoms with Crippen LogP contribution < -0.4 is 10.5 Å². The monoisotopic (exact) mass is 429 g/mol. The van der Waals surface area contributed by atoms with Crippen molar-refractivity contribution in [3.8, 4) is 5.69 Å². The zero-order chi connectivity index (χ0) is 22.8. The smallest absolute Gasteiger partial charge is 0.268 e. The maximum Gasteiger partial charge on any atom is 0.268 e. The predicted molar refractivity (Wildman–Crippen MR) is 130 cm³/mol. The van der Waals surface area contributed by atoms with Gasteiger partial charge in [0.05, 0.1) is 0 Å². The van der Waals surface area contributed by atoms with Crippen LogP contribution in [0, 0.1) is 6.92 Å². The maximum absolute atomic E-state index is 13.5. The molecule has 0 aliphatic carbocycles. The van der Waals surface area contributed by atoms with Crippen molar-refractivity contribution in [2.45, 2.75) is 39.7 Å². The molecule has 166 valence electrons. The van der Waals surface area contributed by atoms with Crippen molar-refractivity contribution in [2.75, 3.05) is 24.5 Å². The van der Waals surface area contributed by atoms with Gasteiger partial charge >= 0.3 is 0 Å². The molecule has 0 radical (unpaired) electrons. The Labute approximate surface area is 189 Å². The fourth-order valence-electron chi connectivity index (χ4n) is 4.40. The van der Waals surface area contributed by atoms with E-state index in [2.05, 4.69) is 43.9 Å². The van der Waals surface area contributed by atoms with E-state index in [-0.39, 0.29) is 23.1 Å². The summed E-state index contributed by atoms with van der Waals surface area (Å²) in [6.07, 6.45) is 1.77. The third-order valence-electron chi connectivity index (χ3n) is 6.34. The summed E-state index contributed by atoms with van der Waals surface area (Å²) in [5.41, 5.74) is 3.84. The number of carbonyl (C=O) groups is 1. The number of hydrogen-bond acceptors (Lipinski definition) is 3. The number of rotatable bonds is 4. The highest BCUT2D eigenvalue weighted by molar-refractivity contribution is 5.95. The van der Waals surface area contributed by atoms with Crippen LogP contribution in [0.3, 0.4) is 0 Å². The van der Waals surface area contributed by atoms with Crippen LogP contribution in [-0.2, 0) is 0 Å². The van der Waals surface area contributed by atoms with Gasteiger partial charge in [0.25, 0.3) is 11.5 Å². The quantitative estimate of drug-likeness (QED) is 0.608. The number of nitrogens with zero attached hydrogens (tertiary/aromatic N) is 3. The first-order chi connectivity index (χ1) is 15.4. The van der Waals surface area contributed by atoms with Gasteiger partial charge in [-0.3, -0.25) is 14.2 Å². The van der Waals surface area contributed by atoms with E-state index >= 15 is 0 Å². The van der Waals surface area contributed by atoms with Crippen molar-refractivity contribution in [3.63, 3.8) is 0 Å². The molecule has 0 bridgehead atoms. The number of hydrogen-bond donors (Lipinski definition) is 0. The Morgan fingerprint density at radius 1 is 0.969 bits per heavy atom. The molecule has 0 N–H and O–H groups in total. The summed E-state index contributed by atoms with van der Waals surface area (Å²) < 4.78 is 1.59. The van der Waals surface area contributed by atoms with Gasteiger partial charge < -0.3 is 9.80 Å². The highest BCUT2D eigenvalue weighted by Crippen LogP contribution is 2.21. The molecule has 0 spiro atoms. The van der Waals surface area contributed by atoms with Gasteiger partial charge in [0.2, 0.25) is 0 Å². The van der Waals surface area contributed by atoms with Crippen LogP contribution in [0.4, 0.5) is 5.69 Å². The number of aryl methyl sites for hydroxylation is 1. The number of para-hydroxylation sites is 1. The first-order valence-electron chi connectivity index (χ1n) is 11.3. The van der Waals surface area contributed by atoms with E-state index in [1.54, 1.807) is 10.8 Å². The number of aromatic nitrogens is 1. The summed E-state index contributed by atoms with van der Waals surface area (Å²) in [6, 6.07) is 20.1. The van der Waals surface area contributed by atoms with Crippen LogP contribution in [0.15, 0.2) is 71.7 Å². The molecule has 1 saturated heterocycles. The SMILES string of the molecule is Cc1ccn(-c2cccc(C(C)C)c2)c(=O)c1C(=O)N1CCN(c2ccccc2)CC1C. The van der Waals surface area contributed by atoms with Crippen LogP contribution in [-0.4, -0.2) is 41.1 Å². The zero-order valence-corrected chi connectivity index (χ0v) is 19.3. The van der Waals surface area contributed by atoms with Crippen LogP contribution >= 0.6 is 0 Å². The number of amides is 1. The van der Waals surface area contributed by atoms with Gasteiger partial charge in [0, 0.05) is 43.2 Å². The molecule has 1 aliphatic rings. The van der Waals surface area contributed by atoms with Gasteiger partial charge in [0.15, 0.2) is 0 Å². The third kappa shape index (κ3) is 4.20. The fraction of sp³-hybridized carbons (Fsp3) is 0.333. The van der Waals surface area contributed by atoms with Gasteiger partial charge in [-0.25, -0.2) is 0 Å². The normalized spacial score (nSPS) is 16.5. The topological polar surface area (TPSA) is 45.6 Å². The summed E-state index contributed by atoms with van der Waals surface area (Å²) >= 11 is 0. The van der Waals surface area contributed by atoms with Crippen molar-refractivity contribution < 1.29 is 4.79 Å².